The lowest BCUT2D eigenvalue weighted by Gasteiger charge is -2.56. The minimum absolute atomic E-state index is 0.0849. The van der Waals surface area contributed by atoms with E-state index in [0.29, 0.717) is 12.0 Å². The lowest BCUT2D eigenvalue weighted by Crippen LogP contribution is -2.65. The van der Waals surface area contributed by atoms with Gasteiger partial charge in [-0.1, -0.05) is 72.8 Å². The Hall–Kier alpha value is -3.77. The van der Waals surface area contributed by atoms with Gasteiger partial charge in [0.2, 0.25) is 0 Å². The molecule has 3 aromatic rings. The number of piperidine rings is 1. The maximum Gasteiger partial charge on any atom is 0.509 e. The van der Waals surface area contributed by atoms with Crippen molar-refractivity contribution < 1.29 is 23.7 Å². The van der Waals surface area contributed by atoms with Crippen LogP contribution in [0.4, 0.5) is 4.79 Å². The number of carbonyl (C=O) groups is 1. The third-order valence-corrected chi connectivity index (χ3v) is 11.3. The Balaban J connectivity index is 1.01. The summed E-state index contributed by atoms with van der Waals surface area (Å²) < 4.78 is 24.6. The highest BCUT2D eigenvalue weighted by molar-refractivity contribution is 5.64. The van der Waals surface area contributed by atoms with Crippen molar-refractivity contribution in [3.05, 3.63) is 107 Å². The number of hydrogen-bond donors (Lipinski definition) is 0. The van der Waals surface area contributed by atoms with Gasteiger partial charge in [-0.05, 0) is 81.0 Å². The summed E-state index contributed by atoms with van der Waals surface area (Å²) in [6.07, 6.45) is 8.04. The number of methoxy groups -OCH3 is 1. The molecular weight excluding hydrogens is 538 g/mol. The number of ether oxygens (including phenoxy) is 4. The number of carbonyl (C=O) groups excluding carboxylic acids is 1. The van der Waals surface area contributed by atoms with Gasteiger partial charge in [-0.25, -0.2) is 4.79 Å². The van der Waals surface area contributed by atoms with Crippen molar-refractivity contribution in [3.63, 3.8) is 0 Å². The molecule has 5 unspecified atom stereocenters. The number of nitrogens with zero attached hydrogens (tertiary/aromatic N) is 1. The first-order chi connectivity index (χ1) is 21.0. The van der Waals surface area contributed by atoms with Gasteiger partial charge in [-0.3, -0.25) is 0 Å². The zero-order valence-electron chi connectivity index (χ0n) is 24.9. The summed E-state index contributed by atoms with van der Waals surface area (Å²) in [4.78, 5) is 15.9. The molecule has 0 N–H and O–H groups in total. The van der Waals surface area contributed by atoms with Crippen LogP contribution in [0.5, 0.6) is 11.5 Å². The van der Waals surface area contributed by atoms with Crippen molar-refractivity contribution in [3.8, 4) is 11.5 Å². The van der Waals surface area contributed by atoms with Gasteiger partial charge in [0, 0.05) is 28.4 Å². The first-order valence-electron chi connectivity index (χ1n) is 15.8. The number of rotatable bonds is 5. The van der Waals surface area contributed by atoms with Crippen LogP contribution < -0.4 is 9.47 Å². The van der Waals surface area contributed by atoms with E-state index in [2.05, 4.69) is 84.8 Å². The number of likely N-dealkylation sites (tertiary alicyclic amines) is 1. The maximum absolute atomic E-state index is 13.4. The first-order valence-corrected chi connectivity index (χ1v) is 15.8. The highest BCUT2D eigenvalue weighted by Gasteiger charge is 2.65. The molecule has 0 aromatic heterocycles. The van der Waals surface area contributed by atoms with Crippen LogP contribution in [0.2, 0.25) is 0 Å². The van der Waals surface area contributed by atoms with E-state index in [1.165, 1.54) is 22.3 Å². The molecule has 2 fully saturated rings. The molecule has 1 saturated carbocycles. The average Bonchev–Trinajstić information content (AvgIpc) is 3.40. The predicted molar refractivity (Wildman–Crippen MR) is 164 cm³/mol. The van der Waals surface area contributed by atoms with Crippen molar-refractivity contribution in [1.82, 2.24) is 4.90 Å². The average molecular weight is 578 g/mol. The molecule has 1 saturated heterocycles. The maximum atomic E-state index is 13.4. The smallest absolute Gasteiger partial charge is 0.493 e. The quantitative estimate of drug-likeness (QED) is 0.252. The molecule has 5 aliphatic rings. The van der Waals surface area contributed by atoms with Gasteiger partial charge in [0.25, 0.3) is 0 Å². The second kappa shape index (κ2) is 10.2. The Labute approximate surface area is 253 Å². The Kier molecular flexibility index (Phi) is 6.34. The van der Waals surface area contributed by atoms with E-state index in [-0.39, 0.29) is 23.0 Å². The van der Waals surface area contributed by atoms with Gasteiger partial charge in [0.15, 0.2) is 17.6 Å². The number of likely N-dealkylation sites (N-methyl/N-ethyl adjacent to an activating group) is 1. The fourth-order valence-corrected chi connectivity index (χ4v) is 9.21. The zero-order chi connectivity index (χ0) is 29.2. The summed E-state index contributed by atoms with van der Waals surface area (Å²) in [6.45, 7) is 0.981. The largest absolute Gasteiger partial charge is 0.509 e. The number of benzene rings is 3. The van der Waals surface area contributed by atoms with Crippen LogP contribution >= 0.6 is 0 Å². The summed E-state index contributed by atoms with van der Waals surface area (Å²) in [7, 11) is 3.91. The van der Waals surface area contributed by atoms with Gasteiger partial charge in [0.05, 0.1) is 7.11 Å². The highest BCUT2D eigenvalue weighted by Crippen LogP contribution is 2.62. The normalized spacial score (nSPS) is 30.2. The zero-order valence-corrected chi connectivity index (χ0v) is 24.9. The SMILES string of the molecule is COc1ccc2c3c1OC1C(OC(=O)OC4CCC(c5ccccc5)(c5ccccc5)CC4)C=CC4C(C2)N(C)CCC341. The van der Waals surface area contributed by atoms with Gasteiger partial charge in [-0.2, -0.15) is 0 Å². The fraction of sp³-hybridized carbons (Fsp3) is 0.432. The molecule has 6 nitrogen and oxygen atoms in total. The Morgan fingerprint density at radius 2 is 1.58 bits per heavy atom. The van der Waals surface area contributed by atoms with Crippen molar-refractivity contribution in [1.29, 1.82) is 0 Å². The van der Waals surface area contributed by atoms with Crippen LogP contribution in [0.25, 0.3) is 0 Å². The predicted octanol–water partition coefficient (Wildman–Crippen LogP) is 6.59. The summed E-state index contributed by atoms with van der Waals surface area (Å²) >= 11 is 0. The minimum atomic E-state index is -0.603. The van der Waals surface area contributed by atoms with Crippen molar-refractivity contribution in [2.75, 3.05) is 20.7 Å². The van der Waals surface area contributed by atoms with E-state index in [0.717, 1.165) is 56.6 Å². The topological polar surface area (TPSA) is 57.2 Å². The Bertz CT molecular complexity index is 1500. The van der Waals surface area contributed by atoms with E-state index in [1.54, 1.807) is 7.11 Å². The standard InChI is InChI=1S/C37H39NO5/c1-38-22-21-37-28-14-16-31(34(37)43-33-30(40-2)15-13-24(32(33)37)23-29(28)38)42-35(39)41-27-17-19-36(20-18-27,25-9-5-3-6-10-25)26-11-7-4-8-12-26/h3-16,27-29,31,34H,17-23H2,1-2H3. The third-order valence-electron chi connectivity index (χ3n) is 11.3. The lowest BCUT2D eigenvalue weighted by molar-refractivity contribution is -0.0721. The van der Waals surface area contributed by atoms with E-state index >= 15 is 0 Å². The molecule has 43 heavy (non-hydrogen) atoms. The van der Waals surface area contributed by atoms with Gasteiger partial charge in [0.1, 0.15) is 12.2 Å². The molecule has 222 valence electrons. The monoisotopic (exact) mass is 577 g/mol. The van der Waals surface area contributed by atoms with Gasteiger partial charge in [-0.15, -0.1) is 0 Å². The molecule has 6 heteroatoms. The molecule has 0 amide bonds. The number of hydrogen-bond acceptors (Lipinski definition) is 6. The molecule has 5 atom stereocenters. The van der Waals surface area contributed by atoms with Crippen LogP contribution in [-0.4, -0.2) is 56.1 Å². The van der Waals surface area contributed by atoms with E-state index < -0.39 is 12.3 Å². The molecule has 0 radical (unpaired) electrons. The fourth-order valence-electron chi connectivity index (χ4n) is 9.21. The molecule has 8 rings (SSSR count). The van der Waals surface area contributed by atoms with Crippen molar-refractivity contribution >= 4 is 6.16 Å². The van der Waals surface area contributed by atoms with Crippen LogP contribution in [-0.2, 0) is 26.7 Å². The molecular formula is C37H39NO5. The molecule has 2 bridgehead atoms. The lowest BCUT2D eigenvalue weighted by atomic mass is 9.53. The van der Waals surface area contributed by atoms with Crippen molar-refractivity contribution in [2.24, 2.45) is 5.92 Å². The second-order valence-electron chi connectivity index (χ2n) is 13.1. The van der Waals surface area contributed by atoms with Crippen molar-refractivity contribution in [2.45, 2.75) is 73.7 Å². The summed E-state index contributed by atoms with van der Waals surface area (Å²) in [5, 5.41) is 0. The highest BCUT2D eigenvalue weighted by atomic mass is 16.7. The molecule has 3 aliphatic carbocycles. The van der Waals surface area contributed by atoms with Crippen LogP contribution in [0.15, 0.2) is 84.9 Å². The van der Waals surface area contributed by atoms with Gasteiger partial charge >= 0.3 is 6.16 Å². The molecule has 2 heterocycles. The summed E-state index contributed by atoms with van der Waals surface area (Å²) in [6, 6.07) is 26.1. The third kappa shape index (κ3) is 3.98. The second-order valence-corrected chi connectivity index (χ2v) is 13.1. The van der Waals surface area contributed by atoms with E-state index in [9.17, 15) is 4.79 Å². The molecule has 1 spiro atoms. The van der Waals surface area contributed by atoms with E-state index in [4.69, 9.17) is 18.9 Å². The molecule has 2 aliphatic heterocycles. The van der Waals surface area contributed by atoms with Gasteiger partial charge < -0.3 is 23.8 Å². The van der Waals surface area contributed by atoms with Crippen LogP contribution in [0, 0.1) is 5.92 Å². The van der Waals surface area contributed by atoms with E-state index in [1.807, 2.05) is 12.1 Å². The van der Waals surface area contributed by atoms with Crippen LogP contribution in [0.3, 0.4) is 0 Å². The molecule has 3 aromatic carbocycles. The summed E-state index contributed by atoms with van der Waals surface area (Å²) in [5.41, 5.74) is 4.91. The van der Waals surface area contributed by atoms with Crippen LogP contribution in [0.1, 0.15) is 54.4 Å². The first kappa shape index (κ1) is 26.8. The summed E-state index contributed by atoms with van der Waals surface area (Å²) in [5.74, 6) is 1.88. The minimum Gasteiger partial charge on any atom is -0.493 e. The Morgan fingerprint density at radius 1 is 0.884 bits per heavy atom. The Morgan fingerprint density at radius 3 is 2.26 bits per heavy atom.